The highest BCUT2D eigenvalue weighted by Gasteiger charge is 2.24. The molecule has 30 heavy (non-hydrogen) atoms. The molecule has 1 amide bonds. The molecule has 152 valence electrons. The summed E-state index contributed by atoms with van der Waals surface area (Å²) in [4.78, 5) is 26.0. The molecule has 1 N–H and O–H groups in total. The van der Waals surface area contributed by atoms with Crippen LogP contribution in [0.25, 0.3) is 16.9 Å². The summed E-state index contributed by atoms with van der Waals surface area (Å²) in [7, 11) is 0. The highest BCUT2D eigenvalue weighted by Crippen LogP contribution is 2.25. The zero-order chi connectivity index (χ0) is 21.3. The van der Waals surface area contributed by atoms with Crippen molar-refractivity contribution in [3.05, 3.63) is 87.7 Å². The smallest absolute Gasteiger partial charge is 0.282 e. The monoisotopic (exact) mass is 424 g/mol. The number of benzene rings is 2. The van der Waals surface area contributed by atoms with Crippen molar-refractivity contribution < 1.29 is 9.18 Å². The second-order valence-electron chi connectivity index (χ2n) is 6.81. The predicted octanol–water partition coefficient (Wildman–Crippen LogP) is 4.59. The van der Waals surface area contributed by atoms with E-state index in [1.54, 1.807) is 29.1 Å². The van der Waals surface area contributed by atoms with E-state index in [1.165, 1.54) is 22.9 Å². The Morgan fingerprint density at radius 1 is 1.17 bits per heavy atom. The fourth-order valence-electron chi connectivity index (χ4n) is 3.23. The van der Waals surface area contributed by atoms with Crippen LogP contribution in [-0.2, 0) is 6.54 Å². The Hall–Kier alpha value is -3.45. The van der Waals surface area contributed by atoms with Gasteiger partial charge in [-0.05, 0) is 36.8 Å². The average molecular weight is 425 g/mol. The molecule has 0 saturated carbocycles. The Labute approximate surface area is 176 Å². The molecule has 2 aliphatic heterocycles. The molecule has 0 bridgehead atoms. The largest absolute Gasteiger partial charge is 0.353 e. The minimum absolute atomic E-state index is 0.0951. The van der Waals surface area contributed by atoms with Crippen molar-refractivity contribution in [2.75, 3.05) is 5.32 Å². The Kier molecular flexibility index (Phi) is 5.37. The first kappa shape index (κ1) is 19.8. The Morgan fingerprint density at radius 2 is 1.93 bits per heavy atom. The number of nitrogens with zero attached hydrogens (tertiary/aromatic N) is 3. The van der Waals surface area contributed by atoms with Crippen molar-refractivity contribution in [2.24, 2.45) is 0 Å². The van der Waals surface area contributed by atoms with Crippen molar-refractivity contribution in [3.8, 4) is 16.9 Å². The number of fused-ring (bicyclic) bond motifs is 1. The van der Waals surface area contributed by atoms with E-state index < -0.39 is 11.7 Å². The van der Waals surface area contributed by atoms with Gasteiger partial charge in [0.25, 0.3) is 11.5 Å². The third-order valence-corrected chi connectivity index (χ3v) is 4.92. The predicted molar refractivity (Wildman–Crippen MR) is 114 cm³/mol. The summed E-state index contributed by atoms with van der Waals surface area (Å²) >= 11 is 5.81. The number of hydrogen-bond donors (Lipinski definition) is 1. The molecule has 0 saturated heterocycles. The lowest BCUT2D eigenvalue weighted by molar-refractivity contribution is 0.102. The van der Waals surface area contributed by atoms with Crippen LogP contribution in [0, 0.1) is 5.82 Å². The van der Waals surface area contributed by atoms with Gasteiger partial charge >= 0.3 is 0 Å². The van der Waals surface area contributed by atoms with Gasteiger partial charge in [0.1, 0.15) is 11.5 Å². The van der Waals surface area contributed by atoms with Crippen LogP contribution in [0.15, 0.2) is 65.7 Å². The lowest BCUT2D eigenvalue weighted by Gasteiger charge is -2.12. The van der Waals surface area contributed by atoms with Gasteiger partial charge in [-0.25, -0.2) is 4.39 Å². The van der Waals surface area contributed by atoms with E-state index in [-0.39, 0.29) is 16.1 Å². The second kappa shape index (κ2) is 8.12. The topological polar surface area (TPSA) is 68.9 Å². The van der Waals surface area contributed by atoms with E-state index in [0.29, 0.717) is 29.2 Å². The van der Waals surface area contributed by atoms with E-state index in [0.717, 1.165) is 6.42 Å². The number of para-hydroxylation sites is 1. The number of pyridine rings is 1. The van der Waals surface area contributed by atoms with Gasteiger partial charge in [0.15, 0.2) is 0 Å². The normalized spacial score (nSPS) is 11.0. The van der Waals surface area contributed by atoms with Gasteiger partial charge in [0.05, 0.1) is 21.8 Å². The Balaban J connectivity index is 1.82. The minimum atomic E-state index is -0.574. The maximum Gasteiger partial charge on any atom is 0.282 e. The van der Waals surface area contributed by atoms with Crippen LogP contribution in [0.4, 0.5) is 10.1 Å². The number of nitrogens with one attached hydrogen (secondary N) is 1. The fraction of sp³-hybridized carbons (Fsp3) is 0.136. The van der Waals surface area contributed by atoms with E-state index in [2.05, 4.69) is 10.4 Å². The second-order valence-corrected chi connectivity index (χ2v) is 7.21. The van der Waals surface area contributed by atoms with Gasteiger partial charge in [0, 0.05) is 24.6 Å². The van der Waals surface area contributed by atoms with Crippen LogP contribution in [0.3, 0.4) is 0 Å². The molecule has 8 heteroatoms. The van der Waals surface area contributed by atoms with Crippen molar-refractivity contribution in [1.29, 1.82) is 0 Å². The van der Waals surface area contributed by atoms with Crippen LogP contribution < -0.4 is 10.9 Å². The van der Waals surface area contributed by atoms with Gasteiger partial charge in [0.2, 0.25) is 0 Å². The Morgan fingerprint density at radius 3 is 2.63 bits per heavy atom. The average Bonchev–Trinajstić information content (AvgIpc) is 3.08. The van der Waals surface area contributed by atoms with Crippen molar-refractivity contribution in [1.82, 2.24) is 14.3 Å². The highest BCUT2D eigenvalue weighted by atomic mass is 35.5. The number of aromatic nitrogens is 3. The highest BCUT2D eigenvalue weighted by molar-refractivity contribution is 6.31. The van der Waals surface area contributed by atoms with E-state index in [4.69, 9.17) is 11.6 Å². The van der Waals surface area contributed by atoms with Crippen molar-refractivity contribution in [3.63, 3.8) is 0 Å². The first-order valence-corrected chi connectivity index (χ1v) is 9.80. The molecule has 2 aromatic carbocycles. The van der Waals surface area contributed by atoms with E-state index in [1.807, 2.05) is 25.1 Å². The number of carbonyl (C=O) groups excluding carboxylic acids is 1. The quantitative estimate of drug-likeness (QED) is 0.509. The van der Waals surface area contributed by atoms with Gasteiger partial charge in [-0.2, -0.15) is 9.78 Å². The standard InChI is InChI=1S/C22H18ClFN4O2/c1-2-10-27-12-16(21(29)25-14-8-9-19(24)18(23)11-14)20-17(13-27)22(30)28(26-20)15-6-4-3-5-7-15/h3-9,11-13H,2,10H2,1H3,(H,25,29). The molecule has 0 spiro atoms. The summed E-state index contributed by atoms with van der Waals surface area (Å²) in [6, 6.07) is 12.9. The number of hydrogen-bond acceptors (Lipinski definition) is 3. The number of rotatable bonds is 5. The summed E-state index contributed by atoms with van der Waals surface area (Å²) in [5, 5.41) is 7.03. The number of aryl methyl sites for hydroxylation is 1. The molecule has 0 radical (unpaired) electrons. The summed E-state index contributed by atoms with van der Waals surface area (Å²) in [5.74, 6) is -1.04. The van der Waals surface area contributed by atoms with Crippen molar-refractivity contribution in [2.45, 2.75) is 19.9 Å². The summed E-state index contributed by atoms with van der Waals surface area (Å²) < 4.78 is 16.5. The Bertz CT molecular complexity index is 1250. The van der Waals surface area contributed by atoms with Crippen LogP contribution in [-0.4, -0.2) is 20.3 Å². The molecule has 0 atom stereocenters. The first-order chi connectivity index (χ1) is 14.5. The molecule has 2 aromatic rings. The van der Waals surface area contributed by atoms with E-state index >= 15 is 0 Å². The summed E-state index contributed by atoms with van der Waals surface area (Å²) in [6.07, 6.45) is 4.19. The zero-order valence-electron chi connectivity index (χ0n) is 16.1. The van der Waals surface area contributed by atoms with Crippen LogP contribution in [0.5, 0.6) is 0 Å². The maximum atomic E-state index is 13.4. The van der Waals surface area contributed by atoms with Crippen LogP contribution >= 0.6 is 11.6 Å². The number of amides is 1. The third kappa shape index (κ3) is 3.71. The molecular formula is C22H18ClFN4O2. The summed E-state index contributed by atoms with van der Waals surface area (Å²) in [5.41, 5.74) is 1.53. The SMILES string of the molecule is CCCn1cc(C(=O)Nc2ccc(F)c(Cl)c2)c2nn(-c3ccccc3)c(=O)c-2c1. The molecule has 0 aromatic heterocycles. The van der Waals surface area contributed by atoms with E-state index in [9.17, 15) is 14.0 Å². The number of carbonyl (C=O) groups is 1. The molecule has 0 fully saturated rings. The van der Waals surface area contributed by atoms with Crippen molar-refractivity contribution >= 4 is 23.2 Å². The molecule has 0 unspecified atom stereocenters. The minimum Gasteiger partial charge on any atom is -0.353 e. The maximum absolute atomic E-state index is 13.4. The summed E-state index contributed by atoms with van der Waals surface area (Å²) in [6.45, 7) is 2.64. The molecule has 0 aliphatic carbocycles. The van der Waals surface area contributed by atoms with Gasteiger partial charge in [-0.15, -0.1) is 0 Å². The molecule has 4 rings (SSSR count). The van der Waals surface area contributed by atoms with Gasteiger partial charge in [-0.1, -0.05) is 36.7 Å². The fourth-order valence-corrected chi connectivity index (χ4v) is 3.41. The lowest BCUT2D eigenvalue weighted by Crippen LogP contribution is -2.17. The van der Waals surface area contributed by atoms with Crippen LogP contribution in [0.1, 0.15) is 23.7 Å². The van der Waals surface area contributed by atoms with Gasteiger partial charge < -0.3 is 9.88 Å². The van der Waals surface area contributed by atoms with Gasteiger partial charge in [-0.3, -0.25) is 9.59 Å². The molecule has 6 nitrogen and oxygen atoms in total. The zero-order valence-corrected chi connectivity index (χ0v) is 16.9. The van der Waals surface area contributed by atoms with Crippen LogP contribution in [0.2, 0.25) is 5.02 Å². The molecular weight excluding hydrogens is 407 g/mol. The number of halogens is 2. The molecule has 2 aliphatic rings. The lowest BCUT2D eigenvalue weighted by atomic mass is 10.1. The number of anilines is 1. The third-order valence-electron chi connectivity index (χ3n) is 4.63. The molecule has 2 heterocycles. The first-order valence-electron chi connectivity index (χ1n) is 9.42.